The van der Waals surface area contributed by atoms with Crippen LogP contribution in [0.15, 0.2) is 48.8 Å². The number of imidazole rings is 1. The molecule has 4 heteroatoms. The van der Waals surface area contributed by atoms with Gasteiger partial charge in [-0.25, -0.2) is 4.98 Å². The molecule has 0 aliphatic carbocycles. The molecule has 0 aliphatic rings. The Morgan fingerprint density at radius 3 is 3.00 bits per heavy atom. The first-order valence-electron chi connectivity index (χ1n) is 6.78. The summed E-state index contributed by atoms with van der Waals surface area (Å²) in [5.41, 5.74) is 4.23. The van der Waals surface area contributed by atoms with E-state index in [1.54, 1.807) is 12.3 Å². The van der Waals surface area contributed by atoms with E-state index in [0.717, 1.165) is 22.5 Å². The number of benzene rings is 1. The molecule has 1 N–H and O–H groups in total. The van der Waals surface area contributed by atoms with Gasteiger partial charge in [0.2, 0.25) is 0 Å². The van der Waals surface area contributed by atoms with Gasteiger partial charge in [-0.2, -0.15) is 5.26 Å². The Morgan fingerprint density at radius 1 is 1.33 bits per heavy atom. The van der Waals surface area contributed by atoms with E-state index in [9.17, 15) is 5.11 Å². The quantitative estimate of drug-likeness (QED) is 0.800. The topological polar surface area (TPSA) is 61.3 Å². The molecular formula is C17H15N3O. The number of nitrogens with zero attached hydrogens (tertiary/aromatic N) is 3. The Morgan fingerprint density at radius 2 is 2.19 bits per heavy atom. The first-order valence-corrected chi connectivity index (χ1v) is 6.78. The summed E-state index contributed by atoms with van der Waals surface area (Å²) in [6.45, 7) is 1.98. The molecule has 104 valence electrons. The van der Waals surface area contributed by atoms with Gasteiger partial charge in [-0.05, 0) is 42.3 Å². The van der Waals surface area contributed by atoms with Crippen LogP contribution in [0, 0.1) is 18.3 Å². The average molecular weight is 277 g/mol. The van der Waals surface area contributed by atoms with Crippen LogP contribution in [0.1, 0.15) is 28.5 Å². The van der Waals surface area contributed by atoms with Crippen molar-refractivity contribution in [3.05, 3.63) is 71.2 Å². The molecular weight excluding hydrogens is 262 g/mol. The smallest absolute Gasteiger partial charge is 0.136 e. The molecule has 1 atom stereocenters. The molecule has 3 rings (SSSR count). The van der Waals surface area contributed by atoms with E-state index in [0.29, 0.717) is 12.0 Å². The lowest BCUT2D eigenvalue weighted by atomic mass is 9.99. The van der Waals surface area contributed by atoms with Crippen LogP contribution in [0.4, 0.5) is 0 Å². The Kier molecular flexibility index (Phi) is 3.43. The number of aliphatic hydroxyl groups excluding tert-OH is 1. The SMILES string of the molecule is Cc1ccc(C#N)cc1CC(O)c1cnc2ccccn12. The summed E-state index contributed by atoms with van der Waals surface area (Å²) in [7, 11) is 0. The lowest BCUT2D eigenvalue weighted by molar-refractivity contribution is 0.172. The van der Waals surface area contributed by atoms with E-state index in [1.807, 2.05) is 47.9 Å². The minimum atomic E-state index is -0.657. The molecule has 0 saturated heterocycles. The van der Waals surface area contributed by atoms with Crippen molar-refractivity contribution in [2.24, 2.45) is 0 Å². The standard InChI is InChI=1S/C17H15N3O/c1-12-5-6-13(10-18)8-14(12)9-16(21)15-11-19-17-4-2-3-7-20(15)17/h2-8,11,16,21H,9H2,1H3. The van der Waals surface area contributed by atoms with E-state index in [-0.39, 0.29) is 0 Å². The van der Waals surface area contributed by atoms with E-state index in [1.165, 1.54) is 0 Å². The Hall–Kier alpha value is -2.64. The van der Waals surface area contributed by atoms with Crippen LogP contribution in [0.2, 0.25) is 0 Å². The van der Waals surface area contributed by atoms with Gasteiger partial charge in [-0.1, -0.05) is 12.1 Å². The fourth-order valence-corrected chi connectivity index (χ4v) is 2.47. The third kappa shape index (κ3) is 2.51. The number of hydrogen-bond acceptors (Lipinski definition) is 3. The van der Waals surface area contributed by atoms with Crippen molar-refractivity contribution in [3.63, 3.8) is 0 Å². The normalized spacial score (nSPS) is 12.2. The number of rotatable bonds is 3. The molecule has 4 nitrogen and oxygen atoms in total. The molecule has 1 aromatic carbocycles. The highest BCUT2D eigenvalue weighted by Gasteiger charge is 2.15. The van der Waals surface area contributed by atoms with Crippen molar-refractivity contribution in [2.45, 2.75) is 19.4 Å². The van der Waals surface area contributed by atoms with Crippen LogP contribution in [0.25, 0.3) is 5.65 Å². The van der Waals surface area contributed by atoms with Crippen LogP contribution >= 0.6 is 0 Å². The highest BCUT2D eigenvalue weighted by atomic mass is 16.3. The number of aryl methyl sites for hydroxylation is 1. The molecule has 1 unspecified atom stereocenters. The van der Waals surface area contributed by atoms with Gasteiger partial charge in [0, 0.05) is 12.6 Å². The van der Waals surface area contributed by atoms with Crippen molar-refractivity contribution >= 4 is 5.65 Å². The minimum absolute atomic E-state index is 0.462. The maximum atomic E-state index is 10.5. The first kappa shape index (κ1) is 13.3. The van der Waals surface area contributed by atoms with Gasteiger partial charge in [-0.3, -0.25) is 0 Å². The second-order valence-electron chi connectivity index (χ2n) is 5.08. The number of pyridine rings is 1. The van der Waals surface area contributed by atoms with E-state index < -0.39 is 6.10 Å². The third-order valence-corrected chi connectivity index (χ3v) is 3.68. The third-order valence-electron chi connectivity index (χ3n) is 3.68. The molecule has 0 radical (unpaired) electrons. The summed E-state index contributed by atoms with van der Waals surface area (Å²) < 4.78 is 1.88. The summed E-state index contributed by atoms with van der Waals surface area (Å²) in [6, 6.07) is 13.4. The average Bonchev–Trinajstić information content (AvgIpc) is 2.93. The zero-order chi connectivity index (χ0) is 14.8. The zero-order valence-corrected chi connectivity index (χ0v) is 11.7. The van der Waals surface area contributed by atoms with Gasteiger partial charge in [0.15, 0.2) is 0 Å². The lowest BCUT2D eigenvalue weighted by Crippen LogP contribution is -2.06. The fraction of sp³-hybridized carbons (Fsp3) is 0.176. The fourth-order valence-electron chi connectivity index (χ4n) is 2.47. The number of hydrogen-bond donors (Lipinski definition) is 1. The van der Waals surface area contributed by atoms with Gasteiger partial charge in [-0.15, -0.1) is 0 Å². The van der Waals surface area contributed by atoms with Crippen molar-refractivity contribution < 1.29 is 5.11 Å². The highest BCUT2D eigenvalue weighted by molar-refractivity contribution is 5.41. The van der Waals surface area contributed by atoms with Crippen LogP contribution in [-0.4, -0.2) is 14.5 Å². The van der Waals surface area contributed by atoms with Crippen molar-refractivity contribution in [1.82, 2.24) is 9.38 Å². The summed E-state index contributed by atoms with van der Waals surface area (Å²) >= 11 is 0. The van der Waals surface area contributed by atoms with Gasteiger partial charge < -0.3 is 9.51 Å². The second-order valence-corrected chi connectivity index (χ2v) is 5.08. The Bertz CT molecular complexity index is 829. The van der Waals surface area contributed by atoms with E-state index in [4.69, 9.17) is 5.26 Å². The maximum Gasteiger partial charge on any atom is 0.136 e. The van der Waals surface area contributed by atoms with Gasteiger partial charge in [0.05, 0.1) is 29.6 Å². The number of aromatic nitrogens is 2. The number of aliphatic hydroxyl groups is 1. The van der Waals surface area contributed by atoms with Gasteiger partial charge in [0.25, 0.3) is 0 Å². The van der Waals surface area contributed by atoms with Crippen molar-refractivity contribution in [3.8, 4) is 6.07 Å². The van der Waals surface area contributed by atoms with E-state index >= 15 is 0 Å². The highest BCUT2D eigenvalue weighted by Crippen LogP contribution is 2.22. The molecule has 0 fully saturated rings. The monoisotopic (exact) mass is 277 g/mol. The van der Waals surface area contributed by atoms with Crippen LogP contribution in [0.3, 0.4) is 0 Å². The summed E-state index contributed by atoms with van der Waals surface area (Å²) in [6.07, 6.45) is 3.39. The van der Waals surface area contributed by atoms with E-state index in [2.05, 4.69) is 11.1 Å². The molecule has 2 heterocycles. The zero-order valence-electron chi connectivity index (χ0n) is 11.7. The molecule has 0 aliphatic heterocycles. The van der Waals surface area contributed by atoms with Crippen LogP contribution in [-0.2, 0) is 6.42 Å². The van der Waals surface area contributed by atoms with Crippen LogP contribution in [0.5, 0.6) is 0 Å². The molecule has 0 spiro atoms. The molecule has 3 aromatic rings. The second kappa shape index (κ2) is 5.39. The molecule has 21 heavy (non-hydrogen) atoms. The number of nitriles is 1. The summed E-state index contributed by atoms with van der Waals surface area (Å²) in [5.74, 6) is 0. The van der Waals surface area contributed by atoms with Gasteiger partial charge in [0.1, 0.15) is 5.65 Å². The Balaban J connectivity index is 1.93. The minimum Gasteiger partial charge on any atom is -0.386 e. The summed E-state index contributed by atoms with van der Waals surface area (Å²) in [4.78, 5) is 4.29. The van der Waals surface area contributed by atoms with Crippen molar-refractivity contribution in [1.29, 1.82) is 5.26 Å². The Labute approximate surface area is 122 Å². The van der Waals surface area contributed by atoms with Gasteiger partial charge >= 0.3 is 0 Å². The maximum absolute atomic E-state index is 10.5. The number of fused-ring (bicyclic) bond motifs is 1. The predicted molar refractivity (Wildman–Crippen MR) is 79.7 cm³/mol. The molecule has 0 bridgehead atoms. The largest absolute Gasteiger partial charge is 0.386 e. The molecule has 2 aromatic heterocycles. The van der Waals surface area contributed by atoms with Crippen LogP contribution < -0.4 is 0 Å². The first-order chi connectivity index (χ1) is 10.2. The molecule has 0 amide bonds. The summed E-state index contributed by atoms with van der Waals surface area (Å²) in [5, 5.41) is 19.5. The molecule has 0 saturated carbocycles. The van der Waals surface area contributed by atoms with Crippen molar-refractivity contribution in [2.75, 3.05) is 0 Å². The predicted octanol–water partition coefficient (Wildman–Crippen LogP) is 2.79. The lowest BCUT2D eigenvalue weighted by Gasteiger charge is -2.12.